The van der Waals surface area contributed by atoms with Crippen LogP contribution in [0.5, 0.6) is 0 Å². The third-order valence-corrected chi connectivity index (χ3v) is 2.67. The molecule has 2 rings (SSSR count). The Bertz CT molecular complexity index is 484. The third kappa shape index (κ3) is 2.34. The average molecular weight is 235 g/mol. The second kappa shape index (κ2) is 4.71. The number of carboxylic acids is 1. The van der Waals surface area contributed by atoms with Crippen LogP contribution in [0.4, 0.5) is 5.00 Å². The van der Waals surface area contributed by atoms with Gasteiger partial charge in [0.15, 0.2) is 0 Å². The zero-order chi connectivity index (χ0) is 11.4. The van der Waals surface area contributed by atoms with Crippen molar-refractivity contribution in [1.82, 2.24) is 9.59 Å². The lowest BCUT2D eigenvalue weighted by atomic mass is 10.2. The molecule has 1 aromatic heterocycles. The largest absolute Gasteiger partial charge is 0.476 e. The number of carbonyl (C=O) groups is 1. The lowest BCUT2D eigenvalue weighted by Gasteiger charge is -2.03. The van der Waals surface area contributed by atoms with Crippen molar-refractivity contribution in [3.05, 3.63) is 41.6 Å². The smallest absolute Gasteiger partial charge is 0.359 e. The van der Waals surface area contributed by atoms with Gasteiger partial charge in [0.1, 0.15) is 5.00 Å². The van der Waals surface area contributed by atoms with Crippen LogP contribution in [0.2, 0.25) is 0 Å². The first kappa shape index (κ1) is 10.6. The molecule has 0 spiro atoms. The zero-order valence-electron chi connectivity index (χ0n) is 8.25. The number of nitrogens with zero attached hydrogens (tertiary/aromatic N) is 2. The fraction of sp³-hybridized carbons (Fsp3) is 0.100. The number of hydrogen-bond acceptors (Lipinski definition) is 5. The van der Waals surface area contributed by atoms with Crippen LogP contribution in [0.1, 0.15) is 16.1 Å². The molecule has 0 bridgehead atoms. The van der Waals surface area contributed by atoms with E-state index >= 15 is 0 Å². The molecule has 6 heteroatoms. The first-order valence-electron chi connectivity index (χ1n) is 4.61. The predicted octanol–water partition coefficient (Wildman–Crippen LogP) is 1.85. The van der Waals surface area contributed by atoms with E-state index in [4.69, 9.17) is 5.11 Å². The van der Waals surface area contributed by atoms with Crippen LogP contribution in [0.15, 0.2) is 30.3 Å². The Morgan fingerprint density at radius 3 is 2.81 bits per heavy atom. The maximum Gasteiger partial charge on any atom is 0.359 e. The van der Waals surface area contributed by atoms with Gasteiger partial charge in [-0.3, -0.25) is 0 Å². The second-order valence-corrected chi connectivity index (χ2v) is 3.85. The Morgan fingerprint density at radius 2 is 2.12 bits per heavy atom. The van der Waals surface area contributed by atoms with Gasteiger partial charge in [0.05, 0.1) is 0 Å². The summed E-state index contributed by atoms with van der Waals surface area (Å²) in [4.78, 5) is 10.8. The molecule has 5 nitrogen and oxygen atoms in total. The van der Waals surface area contributed by atoms with E-state index in [0.717, 1.165) is 17.1 Å². The van der Waals surface area contributed by atoms with Crippen LogP contribution >= 0.6 is 11.5 Å². The molecule has 0 fully saturated rings. The van der Waals surface area contributed by atoms with Crippen LogP contribution in [0.25, 0.3) is 0 Å². The fourth-order valence-electron chi connectivity index (χ4n) is 1.22. The van der Waals surface area contributed by atoms with E-state index in [-0.39, 0.29) is 5.69 Å². The van der Waals surface area contributed by atoms with Gasteiger partial charge in [0, 0.05) is 18.1 Å². The maximum absolute atomic E-state index is 10.8. The molecule has 0 amide bonds. The van der Waals surface area contributed by atoms with Crippen LogP contribution in [-0.4, -0.2) is 20.7 Å². The highest BCUT2D eigenvalue weighted by molar-refractivity contribution is 7.10. The molecule has 0 atom stereocenters. The van der Waals surface area contributed by atoms with Crippen LogP contribution in [-0.2, 0) is 6.54 Å². The molecular formula is C10H9N3O2S. The summed E-state index contributed by atoms with van der Waals surface area (Å²) in [5.74, 6) is -1.07. The molecule has 0 radical (unpaired) electrons. The zero-order valence-corrected chi connectivity index (χ0v) is 9.07. The van der Waals surface area contributed by atoms with Gasteiger partial charge in [0.2, 0.25) is 5.69 Å². The number of carboxylic acid groups (broad SMARTS) is 1. The topological polar surface area (TPSA) is 75.1 Å². The molecule has 1 heterocycles. The first-order chi connectivity index (χ1) is 7.77. The molecule has 0 aliphatic carbocycles. The van der Waals surface area contributed by atoms with E-state index in [9.17, 15) is 4.79 Å². The second-order valence-electron chi connectivity index (χ2n) is 3.09. The molecule has 1 aromatic carbocycles. The highest BCUT2D eigenvalue weighted by atomic mass is 32.1. The molecule has 2 N–H and O–H groups in total. The summed E-state index contributed by atoms with van der Waals surface area (Å²) in [6.45, 7) is 0.561. The summed E-state index contributed by atoms with van der Waals surface area (Å²) >= 11 is 1.04. The van der Waals surface area contributed by atoms with Gasteiger partial charge in [0.25, 0.3) is 0 Å². The first-order valence-corrected chi connectivity index (χ1v) is 5.38. The number of aromatic carboxylic acids is 1. The summed E-state index contributed by atoms with van der Waals surface area (Å²) < 4.78 is 3.60. The summed E-state index contributed by atoms with van der Waals surface area (Å²) in [5, 5.41) is 15.8. The molecule has 0 aliphatic rings. The third-order valence-electron chi connectivity index (χ3n) is 1.99. The van der Waals surface area contributed by atoms with E-state index in [1.807, 2.05) is 30.3 Å². The van der Waals surface area contributed by atoms with Gasteiger partial charge < -0.3 is 10.4 Å². The van der Waals surface area contributed by atoms with Gasteiger partial charge in [-0.15, -0.1) is 5.10 Å². The van der Waals surface area contributed by atoms with Crippen molar-refractivity contribution in [2.75, 3.05) is 5.32 Å². The summed E-state index contributed by atoms with van der Waals surface area (Å²) in [6, 6.07) is 9.71. The number of hydrogen-bond donors (Lipinski definition) is 2. The van der Waals surface area contributed by atoms with Gasteiger partial charge >= 0.3 is 5.97 Å². The number of nitrogens with one attached hydrogen (secondary N) is 1. The lowest BCUT2D eigenvalue weighted by molar-refractivity contribution is 0.0691. The van der Waals surface area contributed by atoms with E-state index < -0.39 is 5.97 Å². The van der Waals surface area contributed by atoms with Crippen molar-refractivity contribution in [2.45, 2.75) is 6.54 Å². The van der Waals surface area contributed by atoms with Gasteiger partial charge in [-0.2, -0.15) is 0 Å². The minimum atomic E-state index is -1.07. The highest BCUT2D eigenvalue weighted by Gasteiger charge is 2.14. The Kier molecular flexibility index (Phi) is 3.11. The number of rotatable bonds is 4. The quantitative estimate of drug-likeness (QED) is 0.845. The Morgan fingerprint density at radius 1 is 1.38 bits per heavy atom. The van der Waals surface area contributed by atoms with Gasteiger partial charge in [-0.25, -0.2) is 4.79 Å². The average Bonchev–Trinajstić information content (AvgIpc) is 2.76. The molecular weight excluding hydrogens is 226 g/mol. The molecule has 0 saturated heterocycles. The fourth-order valence-corrected chi connectivity index (χ4v) is 1.78. The maximum atomic E-state index is 10.8. The van der Waals surface area contributed by atoms with E-state index in [1.54, 1.807) is 0 Å². The molecule has 0 saturated carbocycles. The number of aromatic nitrogens is 2. The summed E-state index contributed by atoms with van der Waals surface area (Å²) in [6.07, 6.45) is 0. The lowest BCUT2D eigenvalue weighted by Crippen LogP contribution is -2.04. The minimum Gasteiger partial charge on any atom is -0.476 e. The molecule has 0 unspecified atom stereocenters. The standard InChI is InChI=1S/C10H9N3O2S/c14-10(15)8-9(16-13-12-8)11-6-7-4-2-1-3-5-7/h1-5,11H,6H2,(H,14,15). The summed E-state index contributed by atoms with van der Waals surface area (Å²) in [7, 11) is 0. The molecule has 2 aromatic rings. The molecule has 0 aliphatic heterocycles. The van der Waals surface area contributed by atoms with Crippen molar-refractivity contribution < 1.29 is 9.90 Å². The van der Waals surface area contributed by atoms with Crippen LogP contribution in [0, 0.1) is 0 Å². The van der Waals surface area contributed by atoms with Crippen molar-refractivity contribution in [1.29, 1.82) is 0 Å². The minimum absolute atomic E-state index is 0.0269. The van der Waals surface area contributed by atoms with Crippen molar-refractivity contribution in [3.8, 4) is 0 Å². The number of benzene rings is 1. The van der Waals surface area contributed by atoms with Crippen LogP contribution < -0.4 is 5.32 Å². The highest BCUT2D eigenvalue weighted by Crippen LogP contribution is 2.18. The van der Waals surface area contributed by atoms with E-state index in [0.29, 0.717) is 11.5 Å². The number of anilines is 1. The van der Waals surface area contributed by atoms with Crippen molar-refractivity contribution in [3.63, 3.8) is 0 Å². The molecule has 16 heavy (non-hydrogen) atoms. The Balaban J connectivity index is 2.05. The van der Waals surface area contributed by atoms with Crippen molar-refractivity contribution in [2.24, 2.45) is 0 Å². The SMILES string of the molecule is O=C(O)c1nnsc1NCc1ccccc1. The van der Waals surface area contributed by atoms with Crippen LogP contribution in [0.3, 0.4) is 0 Å². The normalized spacial score (nSPS) is 10.0. The monoisotopic (exact) mass is 235 g/mol. The van der Waals surface area contributed by atoms with Crippen molar-refractivity contribution >= 4 is 22.5 Å². The van der Waals surface area contributed by atoms with E-state index in [1.165, 1.54) is 0 Å². The molecule has 82 valence electrons. The Hall–Kier alpha value is -1.95. The Labute approximate surface area is 95.9 Å². The van der Waals surface area contributed by atoms with Gasteiger partial charge in [-0.05, 0) is 5.56 Å². The summed E-state index contributed by atoms with van der Waals surface area (Å²) in [5.41, 5.74) is 1.05. The van der Waals surface area contributed by atoms with E-state index in [2.05, 4.69) is 14.9 Å². The van der Waals surface area contributed by atoms with Gasteiger partial charge in [-0.1, -0.05) is 34.8 Å². The predicted molar refractivity (Wildman–Crippen MR) is 60.6 cm³/mol.